The lowest BCUT2D eigenvalue weighted by Gasteiger charge is -2.36. The lowest BCUT2D eigenvalue weighted by molar-refractivity contribution is -0.138. The average molecular weight is 441 g/mol. The summed E-state index contributed by atoms with van der Waals surface area (Å²) in [7, 11) is 0. The van der Waals surface area contributed by atoms with E-state index in [0.29, 0.717) is 35.8 Å². The minimum atomic E-state index is -4.63. The van der Waals surface area contributed by atoms with Crippen LogP contribution in [0.15, 0.2) is 58.7 Å². The van der Waals surface area contributed by atoms with Gasteiger partial charge in [-0.1, -0.05) is 24.3 Å². The number of allylic oxidation sites excluding steroid dienone is 2. The second-order valence-electron chi connectivity index (χ2n) is 8.08. The molecule has 5 nitrogen and oxygen atoms in total. The van der Waals surface area contributed by atoms with Crippen molar-refractivity contribution in [1.29, 1.82) is 0 Å². The number of alkyl halides is 3. The fourth-order valence-electron chi connectivity index (χ4n) is 4.53. The van der Waals surface area contributed by atoms with Crippen LogP contribution in [0.1, 0.15) is 48.9 Å². The Morgan fingerprint density at radius 2 is 1.81 bits per heavy atom. The Kier molecular flexibility index (Phi) is 5.71. The van der Waals surface area contributed by atoms with Crippen molar-refractivity contribution in [3.63, 3.8) is 0 Å². The third kappa shape index (κ3) is 4.09. The van der Waals surface area contributed by atoms with Crippen molar-refractivity contribution < 1.29 is 22.8 Å². The number of amides is 1. The molecule has 2 aromatic rings. The SMILES string of the molecule is CC1=NC2=C(C(=O)CCC2)[C@H](c2ccccc2C(F)(F)F)C1C(=O)Nc1cccc(C)n1. The number of aryl methyl sites for hydroxylation is 1. The second-order valence-corrected chi connectivity index (χ2v) is 8.08. The Morgan fingerprint density at radius 3 is 2.53 bits per heavy atom. The third-order valence-electron chi connectivity index (χ3n) is 5.86. The first-order valence-corrected chi connectivity index (χ1v) is 10.4. The van der Waals surface area contributed by atoms with E-state index in [1.807, 2.05) is 0 Å². The Labute approximate surface area is 183 Å². The summed E-state index contributed by atoms with van der Waals surface area (Å²) in [6, 6.07) is 10.2. The highest BCUT2D eigenvalue weighted by molar-refractivity contribution is 6.13. The number of aliphatic imine (C=N–C) groups is 1. The maximum absolute atomic E-state index is 13.9. The smallest absolute Gasteiger partial charge is 0.310 e. The molecule has 1 aliphatic carbocycles. The van der Waals surface area contributed by atoms with Crippen LogP contribution >= 0.6 is 0 Å². The molecule has 0 saturated heterocycles. The van der Waals surface area contributed by atoms with Crippen LogP contribution in [0.5, 0.6) is 0 Å². The number of halogens is 3. The van der Waals surface area contributed by atoms with Crippen molar-refractivity contribution in [3.05, 3.63) is 70.6 Å². The summed E-state index contributed by atoms with van der Waals surface area (Å²) < 4.78 is 41.7. The first-order chi connectivity index (χ1) is 15.2. The van der Waals surface area contributed by atoms with Gasteiger partial charge in [-0.2, -0.15) is 13.2 Å². The summed E-state index contributed by atoms with van der Waals surface area (Å²) in [5.74, 6) is -2.65. The van der Waals surface area contributed by atoms with Crippen LogP contribution in [0, 0.1) is 12.8 Å². The highest BCUT2D eigenvalue weighted by atomic mass is 19.4. The van der Waals surface area contributed by atoms with Crippen molar-refractivity contribution in [1.82, 2.24) is 4.98 Å². The average Bonchev–Trinajstić information content (AvgIpc) is 2.72. The minimum absolute atomic E-state index is 0.0886. The number of rotatable bonds is 3. The van der Waals surface area contributed by atoms with Gasteiger partial charge in [0.25, 0.3) is 0 Å². The fraction of sp³-hybridized carbons (Fsp3) is 0.333. The van der Waals surface area contributed by atoms with Gasteiger partial charge >= 0.3 is 6.18 Å². The normalized spacial score (nSPS) is 21.2. The molecule has 1 aromatic carbocycles. The Hall–Kier alpha value is -3.29. The van der Waals surface area contributed by atoms with E-state index in [0.717, 1.165) is 6.07 Å². The number of pyridine rings is 1. The molecule has 0 saturated carbocycles. The molecular weight excluding hydrogens is 419 g/mol. The molecule has 1 unspecified atom stereocenters. The Bertz CT molecular complexity index is 1150. The van der Waals surface area contributed by atoms with Crippen molar-refractivity contribution >= 4 is 23.2 Å². The molecule has 1 aromatic heterocycles. The van der Waals surface area contributed by atoms with Crippen LogP contribution in [0.3, 0.4) is 0 Å². The van der Waals surface area contributed by atoms with Crippen molar-refractivity contribution in [2.24, 2.45) is 10.9 Å². The van der Waals surface area contributed by atoms with Gasteiger partial charge in [0.2, 0.25) is 5.91 Å². The number of Topliss-reactive ketones (excluding diaryl/α,β-unsaturated/α-hetero) is 1. The van der Waals surface area contributed by atoms with E-state index in [9.17, 15) is 22.8 Å². The third-order valence-corrected chi connectivity index (χ3v) is 5.86. The molecule has 2 aliphatic rings. The maximum Gasteiger partial charge on any atom is 0.416 e. The molecule has 32 heavy (non-hydrogen) atoms. The van der Waals surface area contributed by atoms with Crippen molar-refractivity contribution in [2.75, 3.05) is 5.32 Å². The van der Waals surface area contributed by atoms with E-state index in [4.69, 9.17) is 0 Å². The fourth-order valence-corrected chi connectivity index (χ4v) is 4.53. The van der Waals surface area contributed by atoms with E-state index in [2.05, 4.69) is 15.3 Å². The lowest BCUT2D eigenvalue weighted by Crippen LogP contribution is -2.40. The van der Waals surface area contributed by atoms with E-state index in [1.165, 1.54) is 18.2 Å². The van der Waals surface area contributed by atoms with Crippen molar-refractivity contribution in [2.45, 2.75) is 45.2 Å². The minimum Gasteiger partial charge on any atom is -0.310 e. The lowest BCUT2D eigenvalue weighted by atomic mass is 9.70. The van der Waals surface area contributed by atoms with Gasteiger partial charge in [0.15, 0.2) is 5.78 Å². The summed E-state index contributed by atoms with van der Waals surface area (Å²) >= 11 is 0. The summed E-state index contributed by atoms with van der Waals surface area (Å²) in [5.41, 5.74) is 0.828. The van der Waals surface area contributed by atoms with Crippen LogP contribution in [0.2, 0.25) is 0 Å². The topological polar surface area (TPSA) is 71.4 Å². The van der Waals surface area contributed by atoms with Gasteiger partial charge in [0, 0.05) is 35.0 Å². The zero-order valence-corrected chi connectivity index (χ0v) is 17.7. The quantitative estimate of drug-likeness (QED) is 0.709. The number of anilines is 1. The number of ketones is 1. The predicted molar refractivity (Wildman–Crippen MR) is 114 cm³/mol. The highest BCUT2D eigenvalue weighted by Gasteiger charge is 2.46. The highest BCUT2D eigenvalue weighted by Crippen LogP contribution is 2.47. The van der Waals surface area contributed by atoms with Crippen LogP contribution < -0.4 is 5.32 Å². The molecule has 1 aliphatic heterocycles. The molecule has 166 valence electrons. The van der Waals surface area contributed by atoms with E-state index in [1.54, 1.807) is 32.0 Å². The van der Waals surface area contributed by atoms with Gasteiger partial charge in [-0.05, 0) is 50.5 Å². The van der Waals surface area contributed by atoms with Gasteiger partial charge < -0.3 is 5.32 Å². The van der Waals surface area contributed by atoms with E-state index in [-0.39, 0.29) is 23.3 Å². The number of carbonyl (C=O) groups excluding carboxylic acids is 2. The van der Waals surface area contributed by atoms with Gasteiger partial charge in [-0.3, -0.25) is 14.6 Å². The molecule has 1 N–H and O–H groups in total. The number of aromatic nitrogens is 1. The maximum atomic E-state index is 13.9. The summed E-state index contributed by atoms with van der Waals surface area (Å²) in [6.45, 7) is 3.39. The second kappa shape index (κ2) is 8.33. The van der Waals surface area contributed by atoms with Gasteiger partial charge in [-0.25, -0.2) is 4.98 Å². The molecule has 2 heterocycles. The molecule has 8 heteroatoms. The zero-order chi connectivity index (χ0) is 23.0. The van der Waals surface area contributed by atoms with Crippen LogP contribution in [0.25, 0.3) is 0 Å². The van der Waals surface area contributed by atoms with Gasteiger partial charge in [0.05, 0.1) is 11.5 Å². The van der Waals surface area contributed by atoms with E-state index < -0.39 is 29.5 Å². The Morgan fingerprint density at radius 1 is 1.06 bits per heavy atom. The number of benzene rings is 1. The first kappa shape index (κ1) is 21.9. The number of hydrogen-bond donors (Lipinski definition) is 1. The molecule has 1 amide bonds. The van der Waals surface area contributed by atoms with Crippen LogP contribution in [-0.4, -0.2) is 22.4 Å². The zero-order valence-electron chi connectivity index (χ0n) is 17.7. The van der Waals surface area contributed by atoms with Crippen LogP contribution in [-0.2, 0) is 15.8 Å². The molecule has 0 fully saturated rings. The van der Waals surface area contributed by atoms with Crippen molar-refractivity contribution in [3.8, 4) is 0 Å². The molecule has 0 spiro atoms. The molecule has 2 atom stereocenters. The Balaban J connectivity index is 1.85. The standard InChI is InChI=1S/C24H22F3N3O2/c1-13-7-5-12-19(28-13)30-23(32)20-14(2)29-17-10-6-11-18(31)22(17)21(20)15-8-3-4-9-16(15)24(25,26)27/h3-5,7-9,12,20-21H,6,10-11H2,1-2H3,(H,28,30,32)/t20?,21-/m1/s1. The predicted octanol–water partition coefficient (Wildman–Crippen LogP) is 5.23. The number of nitrogens with zero attached hydrogens (tertiary/aromatic N) is 2. The monoisotopic (exact) mass is 441 g/mol. The van der Waals surface area contributed by atoms with E-state index >= 15 is 0 Å². The van der Waals surface area contributed by atoms with Gasteiger partial charge in [-0.15, -0.1) is 0 Å². The number of carbonyl (C=O) groups is 2. The largest absolute Gasteiger partial charge is 0.416 e. The molecule has 4 rings (SSSR count). The number of nitrogens with one attached hydrogen (secondary N) is 1. The summed E-state index contributed by atoms with van der Waals surface area (Å²) in [4.78, 5) is 35.0. The molecule has 0 radical (unpaired) electrons. The number of hydrogen-bond acceptors (Lipinski definition) is 4. The first-order valence-electron chi connectivity index (χ1n) is 10.4. The summed E-state index contributed by atoms with van der Waals surface area (Å²) in [5, 5.41) is 2.71. The van der Waals surface area contributed by atoms with Crippen LogP contribution in [0.4, 0.5) is 19.0 Å². The molecule has 0 bridgehead atoms. The molecular formula is C24H22F3N3O2. The van der Waals surface area contributed by atoms with Gasteiger partial charge in [0.1, 0.15) is 5.82 Å². The summed E-state index contributed by atoms with van der Waals surface area (Å²) in [6.07, 6.45) is -3.31.